The van der Waals surface area contributed by atoms with Crippen molar-refractivity contribution in [2.24, 2.45) is 0 Å². The molecule has 1 saturated carbocycles. The standard InChI is InChI=1S/C32H32N2O4/c1-5-36-23(4)32(19-20-32)28-17-15-26(16-18-28)25-11-13-27(14-12-25)30-29(21(2)34-38-30)33-31(35)37-22(3)24-9-7-6-8-10-24/h6-18,22H,4-5,19-20H2,1-3H3,(H,33,35)/t22-/m1/s1. The number of anilines is 1. The molecule has 6 heteroatoms. The summed E-state index contributed by atoms with van der Waals surface area (Å²) in [4.78, 5) is 12.6. The van der Waals surface area contributed by atoms with Gasteiger partial charge in [0.15, 0.2) is 5.76 Å². The largest absolute Gasteiger partial charge is 0.498 e. The molecule has 1 aliphatic rings. The molecule has 1 amide bonds. The highest BCUT2D eigenvalue weighted by Gasteiger charge is 2.48. The summed E-state index contributed by atoms with van der Waals surface area (Å²) < 4.78 is 16.9. The highest BCUT2D eigenvalue weighted by atomic mass is 16.6. The lowest BCUT2D eigenvalue weighted by atomic mass is 9.92. The maximum atomic E-state index is 12.6. The van der Waals surface area contributed by atoms with Crippen molar-refractivity contribution < 1.29 is 18.8 Å². The zero-order valence-corrected chi connectivity index (χ0v) is 22.0. The van der Waals surface area contributed by atoms with Gasteiger partial charge in [0.05, 0.1) is 17.8 Å². The molecule has 3 aromatic carbocycles. The summed E-state index contributed by atoms with van der Waals surface area (Å²) in [6.45, 7) is 10.4. The van der Waals surface area contributed by atoms with Crippen LogP contribution in [0.15, 0.2) is 95.7 Å². The van der Waals surface area contributed by atoms with Crippen LogP contribution >= 0.6 is 0 Å². The average molecular weight is 509 g/mol. The number of nitrogens with zero attached hydrogens (tertiary/aromatic N) is 1. The topological polar surface area (TPSA) is 73.6 Å². The number of carbonyl (C=O) groups is 1. The van der Waals surface area contributed by atoms with Gasteiger partial charge in [0.25, 0.3) is 0 Å². The molecule has 1 aliphatic carbocycles. The van der Waals surface area contributed by atoms with Crippen LogP contribution in [0.3, 0.4) is 0 Å². The number of nitrogens with one attached hydrogen (secondary N) is 1. The Balaban J connectivity index is 1.29. The maximum absolute atomic E-state index is 12.6. The van der Waals surface area contributed by atoms with Crippen molar-refractivity contribution in [1.29, 1.82) is 0 Å². The number of allylic oxidation sites excluding steroid dienone is 1. The van der Waals surface area contributed by atoms with Gasteiger partial charge in [-0.25, -0.2) is 4.79 Å². The zero-order chi connectivity index (χ0) is 26.7. The van der Waals surface area contributed by atoms with Crippen LogP contribution in [-0.4, -0.2) is 17.9 Å². The SMILES string of the molecule is C=C(OCC)C1(c2ccc(-c3ccc(-c4onc(C)c4NC(=O)O[C@H](C)c4ccccc4)cc3)cc2)CC1. The smallest absolute Gasteiger partial charge is 0.412 e. The van der Waals surface area contributed by atoms with E-state index in [0.717, 1.165) is 40.9 Å². The minimum absolute atomic E-state index is 0.0357. The Bertz CT molecular complexity index is 1420. The Hall–Kier alpha value is -4.32. The van der Waals surface area contributed by atoms with E-state index < -0.39 is 12.2 Å². The second-order valence-electron chi connectivity index (χ2n) is 9.65. The lowest BCUT2D eigenvalue weighted by Crippen LogP contribution is -2.16. The van der Waals surface area contributed by atoms with Gasteiger partial charge in [-0.05, 0) is 55.9 Å². The van der Waals surface area contributed by atoms with E-state index >= 15 is 0 Å². The quantitative estimate of drug-likeness (QED) is 0.231. The maximum Gasteiger partial charge on any atom is 0.412 e. The lowest BCUT2D eigenvalue weighted by Gasteiger charge is -2.19. The van der Waals surface area contributed by atoms with Gasteiger partial charge >= 0.3 is 6.09 Å². The van der Waals surface area contributed by atoms with Gasteiger partial charge in [0.2, 0.25) is 0 Å². The molecule has 0 spiro atoms. The average Bonchev–Trinajstić information content (AvgIpc) is 3.68. The summed E-state index contributed by atoms with van der Waals surface area (Å²) in [7, 11) is 0. The molecule has 0 saturated heterocycles. The molecule has 1 aromatic heterocycles. The Morgan fingerprint density at radius 2 is 1.61 bits per heavy atom. The molecule has 4 aromatic rings. The molecule has 0 bridgehead atoms. The molecule has 1 heterocycles. The van der Waals surface area contributed by atoms with Crippen LogP contribution in [0, 0.1) is 6.92 Å². The molecule has 0 aliphatic heterocycles. The van der Waals surface area contributed by atoms with E-state index in [4.69, 9.17) is 14.0 Å². The van der Waals surface area contributed by atoms with Crippen LogP contribution in [-0.2, 0) is 14.9 Å². The molecular formula is C32H32N2O4. The highest BCUT2D eigenvalue weighted by molar-refractivity contribution is 5.91. The monoisotopic (exact) mass is 508 g/mol. The fraction of sp³-hybridized carbons (Fsp3) is 0.250. The first-order chi connectivity index (χ1) is 18.4. The fourth-order valence-electron chi connectivity index (χ4n) is 4.76. The number of amides is 1. The fourth-order valence-corrected chi connectivity index (χ4v) is 4.76. The van der Waals surface area contributed by atoms with E-state index in [0.29, 0.717) is 23.7 Å². The summed E-state index contributed by atoms with van der Waals surface area (Å²) in [6, 6.07) is 26.2. The van der Waals surface area contributed by atoms with Gasteiger partial charge < -0.3 is 14.0 Å². The van der Waals surface area contributed by atoms with E-state index in [9.17, 15) is 4.79 Å². The molecule has 0 unspecified atom stereocenters. The van der Waals surface area contributed by atoms with Crippen molar-refractivity contribution >= 4 is 11.8 Å². The molecule has 38 heavy (non-hydrogen) atoms. The first-order valence-corrected chi connectivity index (χ1v) is 12.9. The van der Waals surface area contributed by atoms with Gasteiger partial charge in [-0.2, -0.15) is 0 Å². The molecule has 1 fully saturated rings. The van der Waals surface area contributed by atoms with Crippen molar-refractivity contribution in [2.75, 3.05) is 11.9 Å². The van der Waals surface area contributed by atoms with Crippen molar-refractivity contribution in [3.63, 3.8) is 0 Å². The third-order valence-corrected chi connectivity index (χ3v) is 7.16. The molecule has 194 valence electrons. The first-order valence-electron chi connectivity index (χ1n) is 12.9. The van der Waals surface area contributed by atoms with Gasteiger partial charge in [-0.15, -0.1) is 0 Å². The number of hydrogen-bond acceptors (Lipinski definition) is 5. The van der Waals surface area contributed by atoms with E-state index in [1.165, 1.54) is 5.56 Å². The summed E-state index contributed by atoms with van der Waals surface area (Å²) in [6.07, 6.45) is 1.19. The molecule has 1 atom stereocenters. The highest BCUT2D eigenvalue weighted by Crippen LogP contribution is 2.53. The summed E-state index contributed by atoms with van der Waals surface area (Å²) in [5.74, 6) is 1.35. The van der Waals surface area contributed by atoms with Crippen molar-refractivity contribution in [2.45, 2.75) is 45.1 Å². The van der Waals surface area contributed by atoms with Crippen LogP contribution in [0.1, 0.15) is 49.6 Å². The predicted molar refractivity (Wildman–Crippen MR) is 149 cm³/mol. The van der Waals surface area contributed by atoms with Gasteiger partial charge in [-0.1, -0.05) is 90.6 Å². The lowest BCUT2D eigenvalue weighted by molar-refractivity contribution is 0.121. The van der Waals surface area contributed by atoms with Crippen molar-refractivity contribution in [1.82, 2.24) is 5.16 Å². The number of aryl methyl sites for hydroxylation is 1. The number of rotatable bonds is 9. The molecular weight excluding hydrogens is 476 g/mol. The molecule has 5 rings (SSSR count). The van der Waals surface area contributed by atoms with Crippen LogP contribution in [0.25, 0.3) is 22.5 Å². The Kier molecular flexibility index (Phi) is 7.05. The third kappa shape index (κ3) is 5.07. The van der Waals surface area contributed by atoms with Gasteiger partial charge in [-0.3, -0.25) is 5.32 Å². The second kappa shape index (κ2) is 10.6. The van der Waals surface area contributed by atoms with E-state index in [1.54, 1.807) is 6.92 Å². The zero-order valence-electron chi connectivity index (χ0n) is 22.0. The molecule has 0 radical (unpaired) electrons. The molecule has 1 N–H and O–H groups in total. The molecule has 6 nitrogen and oxygen atoms in total. The number of ether oxygens (including phenoxy) is 2. The van der Waals surface area contributed by atoms with Crippen LogP contribution in [0.2, 0.25) is 0 Å². The summed E-state index contributed by atoms with van der Waals surface area (Å²) in [5, 5.41) is 6.88. The van der Waals surface area contributed by atoms with Crippen molar-refractivity contribution in [3.05, 3.63) is 108 Å². The van der Waals surface area contributed by atoms with E-state index in [-0.39, 0.29) is 5.41 Å². The van der Waals surface area contributed by atoms with Crippen LogP contribution < -0.4 is 5.32 Å². The third-order valence-electron chi connectivity index (χ3n) is 7.16. The minimum Gasteiger partial charge on any atom is -0.498 e. The van der Waals surface area contributed by atoms with Crippen LogP contribution in [0.5, 0.6) is 0 Å². The summed E-state index contributed by atoms with van der Waals surface area (Å²) in [5.41, 5.74) is 6.20. The van der Waals surface area contributed by atoms with Crippen molar-refractivity contribution in [3.8, 4) is 22.5 Å². The normalized spacial score (nSPS) is 14.4. The van der Waals surface area contributed by atoms with E-state index in [2.05, 4.69) is 41.3 Å². The number of carbonyl (C=O) groups excluding carboxylic acids is 1. The van der Waals surface area contributed by atoms with Crippen LogP contribution in [0.4, 0.5) is 10.5 Å². The van der Waals surface area contributed by atoms with Gasteiger partial charge in [0.1, 0.15) is 17.5 Å². The number of hydrogen-bond donors (Lipinski definition) is 1. The first kappa shape index (κ1) is 25.3. The van der Waals surface area contributed by atoms with E-state index in [1.807, 2.05) is 68.4 Å². The predicted octanol–water partition coefficient (Wildman–Crippen LogP) is 8.21. The van der Waals surface area contributed by atoms with Gasteiger partial charge in [0, 0.05) is 5.56 Å². The summed E-state index contributed by atoms with van der Waals surface area (Å²) >= 11 is 0. The number of benzene rings is 3. The Morgan fingerprint density at radius 3 is 2.21 bits per heavy atom. The second-order valence-corrected chi connectivity index (χ2v) is 9.65. The Morgan fingerprint density at radius 1 is 1.00 bits per heavy atom. The minimum atomic E-state index is -0.564. The Labute approximate surface area is 223 Å². The number of aromatic nitrogens is 1.